The van der Waals surface area contributed by atoms with Crippen molar-refractivity contribution in [2.45, 2.75) is 25.8 Å². The number of ketones is 1. The van der Waals surface area contributed by atoms with E-state index in [-0.39, 0.29) is 23.5 Å². The van der Waals surface area contributed by atoms with Gasteiger partial charge in [-0.25, -0.2) is 4.79 Å². The molecule has 0 spiro atoms. The van der Waals surface area contributed by atoms with Gasteiger partial charge < -0.3 is 9.47 Å². The van der Waals surface area contributed by atoms with Crippen molar-refractivity contribution in [1.29, 1.82) is 0 Å². The van der Waals surface area contributed by atoms with Crippen LogP contribution in [0.25, 0.3) is 0 Å². The summed E-state index contributed by atoms with van der Waals surface area (Å²) < 4.78 is 33.8. The zero-order valence-corrected chi connectivity index (χ0v) is 11.6. The molecule has 0 N–H and O–H groups in total. The van der Waals surface area contributed by atoms with Crippen molar-refractivity contribution in [3.63, 3.8) is 0 Å². The quantitative estimate of drug-likeness (QED) is 0.597. The van der Waals surface area contributed by atoms with Gasteiger partial charge in [0.05, 0.1) is 12.2 Å². The van der Waals surface area contributed by atoms with Crippen LogP contribution < -0.4 is 4.74 Å². The first-order valence-electron chi connectivity index (χ1n) is 5.77. The molecule has 0 aliphatic carbocycles. The maximum Gasteiger partial charge on any atom is 0.387 e. The monoisotopic (exact) mass is 306 g/mol. The molecule has 0 heterocycles. The summed E-state index contributed by atoms with van der Waals surface area (Å²) >= 11 is 5.83. The van der Waals surface area contributed by atoms with Gasteiger partial charge in [0, 0.05) is 5.56 Å². The first kappa shape index (κ1) is 16.4. The van der Waals surface area contributed by atoms with Gasteiger partial charge in [-0.05, 0) is 26.0 Å². The van der Waals surface area contributed by atoms with Gasteiger partial charge in [0.2, 0.25) is 0 Å². The topological polar surface area (TPSA) is 52.6 Å². The van der Waals surface area contributed by atoms with E-state index in [2.05, 4.69) is 4.74 Å². The molecule has 0 saturated carbocycles. The third-order valence-electron chi connectivity index (χ3n) is 2.37. The van der Waals surface area contributed by atoms with Gasteiger partial charge in [-0.3, -0.25) is 4.79 Å². The van der Waals surface area contributed by atoms with Crippen molar-refractivity contribution in [3.05, 3.63) is 29.3 Å². The van der Waals surface area contributed by atoms with Crippen molar-refractivity contribution in [2.75, 3.05) is 6.61 Å². The number of hydrogen-bond donors (Lipinski definition) is 0. The Balaban J connectivity index is 3.19. The molecule has 1 aromatic carbocycles. The molecule has 4 nitrogen and oxygen atoms in total. The number of carbonyl (C=O) groups is 2. The van der Waals surface area contributed by atoms with E-state index in [4.69, 9.17) is 16.3 Å². The molecule has 0 aliphatic heterocycles. The van der Waals surface area contributed by atoms with Gasteiger partial charge in [-0.2, -0.15) is 8.78 Å². The second-order valence-corrected chi connectivity index (χ2v) is 4.26. The third-order valence-corrected chi connectivity index (χ3v) is 2.91. The second kappa shape index (κ2) is 7.19. The summed E-state index contributed by atoms with van der Waals surface area (Å²) in [6.45, 7) is -0.102. The predicted molar refractivity (Wildman–Crippen MR) is 68.3 cm³/mol. The zero-order valence-electron chi connectivity index (χ0n) is 10.9. The molecule has 0 aromatic heterocycles. The van der Waals surface area contributed by atoms with Crippen LogP contribution in [0.15, 0.2) is 18.2 Å². The Hall–Kier alpha value is -1.69. The summed E-state index contributed by atoms with van der Waals surface area (Å²) in [5, 5.41) is -1.13. The lowest BCUT2D eigenvalue weighted by Crippen LogP contribution is -2.11. The van der Waals surface area contributed by atoms with Gasteiger partial charge in [0.1, 0.15) is 11.1 Å². The Morgan fingerprint density at radius 3 is 2.50 bits per heavy atom. The van der Waals surface area contributed by atoms with E-state index in [0.717, 1.165) is 6.07 Å². The first-order valence-corrected chi connectivity index (χ1v) is 6.20. The number of ether oxygens (including phenoxy) is 2. The molecule has 7 heteroatoms. The van der Waals surface area contributed by atoms with Gasteiger partial charge >= 0.3 is 12.6 Å². The molecule has 1 atom stereocenters. The molecule has 0 amide bonds. The zero-order chi connectivity index (χ0) is 15.3. The van der Waals surface area contributed by atoms with Crippen LogP contribution in [0.5, 0.6) is 5.75 Å². The van der Waals surface area contributed by atoms with E-state index < -0.39 is 23.7 Å². The van der Waals surface area contributed by atoms with Gasteiger partial charge in [-0.15, -0.1) is 11.6 Å². The first-order chi connectivity index (χ1) is 9.36. The van der Waals surface area contributed by atoms with Gasteiger partial charge in [-0.1, -0.05) is 6.07 Å². The minimum atomic E-state index is -3.10. The number of Topliss-reactive ketones (excluding diaryl/α,β-unsaturated/α-hetero) is 1. The largest absolute Gasteiger partial charge is 0.462 e. The van der Waals surface area contributed by atoms with E-state index in [1.54, 1.807) is 6.92 Å². The third kappa shape index (κ3) is 4.16. The highest BCUT2D eigenvalue weighted by molar-refractivity contribution is 6.31. The van der Waals surface area contributed by atoms with Crippen molar-refractivity contribution in [2.24, 2.45) is 0 Å². The Kier molecular flexibility index (Phi) is 5.88. The molecule has 110 valence electrons. The molecular weight excluding hydrogens is 294 g/mol. The Labute approximate surface area is 119 Å². The molecule has 0 radical (unpaired) electrons. The number of alkyl halides is 3. The lowest BCUT2D eigenvalue weighted by atomic mass is 10.1. The van der Waals surface area contributed by atoms with Crippen molar-refractivity contribution < 1.29 is 27.8 Å². The van der Waals surface area contributed by atoms with E-state index in [1.165, 1.54) is 19.1 Å². The summed E-state index contributed by atoms with van der Waals surface area (Å²) in [5.41, 5.74) is 0.117. The molecule has 20 heavy (non-hydrogen) atoms. The Morgan fingerprint density at radius 2 is 2.00 bits per heavy atom. The molecule has 0 aliphatic rings. The van der Waals surface area contributed by atoms with Crippen LogP contribution in [0.3, 0.4) is 0 Å². The average Bonchev–Trinajstić information content (AvgIpc) is 2.37. The van der Waals surface area contributed by atoms with E-state index in [9.17, 15) is 18.4 Å². The predicted octanol–water partition coefficient (Wildman–Crippen LogP) is 3.33. The minimum Gasteiger partial charge on any atom is -0.462 e. The molecular formula is C13H13ClF2O4. The number of rotatable bonds is 6. The fourth-order valence-corrected chi connectivity index (χ4v) is 1.68. The number of hydrogen-bond acceptors (Lipinski definition) is 4. The number of esters is 1. The van der Waals surface area contributed by atoms with Crippen LogP contribution in [0.1, 0.15) is 35.1 Å². The Bertz CT molecular complexity index is 505. The van der Waals surface area contributed by atoms with E-state index in [1.807, 2.05) is 0 Å². The molecule has 0 saturated heterocycles. The van der Waals surface area contributed by atoms with Crippen LogP contribution in [0.4, 0.5) is 8.78 Å². The summed E-state index contributed by atoms with van der Waals surface area (Å²) in [6.07, 6.45) is 0. The van der Waals surface area contributed by atoms with Crippen molar-refractivity contribution in [3.8, 4) is 5.75 Å². The maximum atomic E-state index is 12.4. The fourth-order valence-electron chi connectivity index (χ4n) is 1.50. The van der Waals surface area contributed by atoms with Crippen LogP contribution in [-0.4, -0.2) is 25.0 Å². The lowest BCUT2D eigenvalue weighted by molar-refractivity contribution is -0.116. The van der Waals surface area contributed by atoms with Crippen molar-refractivity contribution >= 4 is 23.4 Å². The molecule has 0 fully saturated rings. The molecule has 1 unspecified atom stereocenters. The summed E-state index contributed by atoms with van der Waals surface area (Å²) in [5.74, 6) is -1.41. The second-order valence-electron chi connectivity index (χ2n) is 3.82. The highest BCUT2D eigenvalue weighted by Gasteiger charge is 2.22. The highest BCUT2D eigenvalue weighted by atomic mass is 35.5. The number of benzene rings is 1. The maximum absolute atomic E-state index is 12.4. The van der Waals surface area contributed by atoms with Crippen molar-refractivity contribution in [1.82, 2.24) is 0 Å². The van der Waals surface area contributed by atoms with Crippen LogP contribution >= 0.6 is 11.6 Å². The number of carbonyl (C=O) groups excluding carboxylic acids is 2. The molecule has 1 rings (SSSR count). The highest BCUT2D eigenvalue weighted by Crippen LogP contribution is 2.32. The average molecular weight is 307 g/mol. The SMILES string of the molecule is CCOC(=O)c1ccc(C(Cl)C(C)=O)c(OC(F)F)c1. The standard InChI is InChI=1S/C13H13ClF2O4/c1-3-19-12(18)8-4-5-9(11(14)7(2)17)10(6-8)20-13(15)16/h4-6,11,13H,3H2,1-2H3. The van der Waals surface area contributed by atoms with Gasteiger partial charge in [0.25, 0.3) is 0 Å². The van der Waals surface area contributed by atoms with Crippen LogP contribution in [0, 0.1) is 0 Å². The number of halogens is 3. The minimum absolute atomic E-state index is 0.0404. The molecule has 0 bridgehead atoms. The molecule has 1 aromatic rings. The summed E-state index contributed by atoms with van der Waals surface area (Å²) in [4.78, 5) is 22.8. The van der Waals surface area contributed by atoms with Gasteiger partial charge in [0.15, 0.2) is 5.78 Å². The van der Waals surface area contributed by atoms with E-state index >= 15 is 0 Å². The lowest BCUT2D eigenvalue weighted by Gasteiger charge is -2.14. The fraction of sp³-hybridized carbons (Fsp3) is 0.385. The summed E-state index contributed by atoms with van der Waals surface area (Å²) in [6, 6.07) is 3.71. The van der Waals surface area contributed by atoms with E-state index in [0.29, 0.717) is 0 Å². The summed E-state index contributed by atoms with van der Waals surface area (Å²) in [7, 11) is 0. The van der Waals surface area contributed by atoms with Crippen LogP contribution in [-0.2, 0) is 9.53 Å². The smallest absolute Gasteiger partial charge is 0.387 e. The Morgan fingerprint density at radius 1 is 1.35 bits per heavy atom. The normalized spacial score (nSPS) is 12.1. The van der Waals surface area contributed by atoms with Crippen LogP contribution in [0.2, 0.25) is 0 Å².